The van der Waals surface area contributed by atoms with Gasteiger partial charge in [0.15, 0.2) is 0 Å². The van der Waals surface area contributed by atoms with E-state index >= 15 is 0 Å². The summed E-state index contributed by atoms with van der Waals surface area (Å²) in [6, 6.07) is 8.27. The third-order valence-electron chi connectivity index (χ3n) is 3.10. The molecule has 0 aliphatic rings. The second-order valence-electron chi connectivity index (χ2n) is 4.73. The number of nitro groups is 1. The van der Waals surface area contributed by atoms with E-state index in [1.54, 1.807) is 0 Å². The zero-order valence-electron chi connectivity index (χ0n) is 14.2. The van der Waals surface area contributed by atoms with E-state index in [0.717, 1.165) is 30.4 Å². The summed E-state index contributed by atoms with van der Waals surface area (Å²) >= 11 is 0. The number of hydrogen-bond acceptors (Lipinski definition) is 8. The van der Waals surface area contributed by atoms with Gasteiger partial charge in [-0.3, -0.25) is 10.1 Å². The fraction of sp³-hybridized carbons (Fsp3) is 0. The van der Waals surface area contributed by atoms with Crippen molar-refractivity contribution in [2.24, 2.45) is 0 Å². The van der Waals surface area contributed by atoms with Gasteiger partial charge in [-0.2, -0.15) is 0 Å². The van der Waals surface area contributed by atoms with Crippen molar-refractivity contribution in [2.75, 3.05) is 0 Å². The van der Waals surface area contributed by atoms with E-state index in [4.69, 9.17) is 0 Å². The summed E-state index contributed by atoms with van der Waals surface area (Å²) in [5, 5.41) is 10.9. The van der Waals surface area contributed by atoms with Crippen LogP contribution < -0.4 is 59.1 Å². The van der Waals surface area contributed by atoms with E-state index in [9.17, 15) is 36.1 Å². The van der Waals surface area contributed by atoms with Crippen LogP contribution in [0.2, 0.25) is 0 Å². The fourth-order valence-electron chi connectivity index (χ4n) is 2.12. The summed E-state index contributed by atoms with van der Waals surface area (Å²) in [7, 11) is -9.96. The normalized spacial score (nSPS) is 11.5. The Bertz CT molecular complexity index is 1080. The standard InChI is InChI=1S/C14H11NO8S2.2Na/c16-15(17)12-6-3-5-11(14(12)25(21,22)23)9-8-10-4-1-2-7-13(10)24(18,19)20;;/h1-9H,(H,18,19,20)(H,21,22,23);;/q;2*+1/p-2. The first kappa shape index (κ1) is 26.4. The Morgan fingerprint density at radius 3 is 1.81 bits per heavy atom. The van der Waals surface area contributed by atoms with E-state index in [1.807, 2.05) is 0 Å². The first-order valence-electron chi connectivity index (χ1n) is 6.48. The molecule has 27 heavy (non-hydrogen) atoms. The molecule has 0 amide bonds. The second kappa shape index (κ2) is 10.3. The first-order valence-corrected chi connectivity index (χ1v) is 9.30. The van der Waals surface area contributed by atoms with E-state index in [0.29, 0.717) is 0 Å². The molecular weight excluding hydrogens is 420 g/mol. The van der Waals surface area contributed by atoms with Crippen LogP contribution in [0.4, 0.5) is 5.69 Å². The topological polar surface area (TPSA) is 158 Å². The maximum atomic E-state index is 11.4. The SMILES string of the molecule is O=[N+]([O-])c1cccc(C=Cc2ccccc2S(=O)(=O)[O-])c1S(=O)(=O)[O-].[Na+].[Na+]. The van der Waals surface area contributed by atoms with E-state index < -0.39 is 40.6 Å². The number of nitro benzene ring substituents is 1. The minimum Gasteiger partial charge on any atom is -0.744 e. The molecule has 2 rings (SSSR count). The van der Waals surface area contributed by atoms with Crippen LogP contribution >= 0.6 is 0 Å². The smallest absolute Gasteiger partial charge is 0.744 e. The molecule has 0 spiro atoms. The van der Waals surface area contributed by atoms with Gasteiger partial charge in [-0.25, -0.2) is 16.8 Å². The van der Waals surface area contributed by atoms with Crippen LogP contribution in [0, 0.1) is 10.1 Å². The van der Waals surface area contributed by atoms with Gasteiger partial charge in [-0.05, 0) is 17.2 Å². The minimum absolute atomic E-state index is 0. The molecule has 0 N–H and O–H groups in total. The molecular formula is C14H9NNa2O8S2. The Kier molecular flexibility index (Phi) is 10.0. The number of nitrogens with zero attached hydrogens (tertiary/aromatic N) is 1. The minimum atomic E-state index is -5.17. The van der Waals surface area contributed by atoms with Crippen LogP contribution in [0.15, 0.2) is 52.3 Å². The Balaban J connectivity index is 0.00000338. The van der Waals surface area contributed by atoms with Gasteiger partial charge in [-0.1, -0.05) is 42.5 Å². The van der Waals surface area contributed by atoms with Gasteiger partial charge in [0, 0.05) is 6.07 Å². The van der Waals surface area contributed by atoms with Crippen LogP contribution in [0.1, 0.15) is 11.1 Å². The predicted molar refractivity (Wildman–Crippen MR) is 84.4 cm³/mol. The van der Waals surface area contributed by atoms with Crippen molar-refractivity contribution in [1.29, 1.82) is 0 Å². The van der Waals surface area contributed by atoms with Crippen molar-refractivity contribution in [3.63, 3.8) is 0 Å². The van der Waals surface area contributed by atoms with Crippen molar-refractivity contribution in [1.82, 2.24) is 0 Å². The van der Waals surface area contributed by atoms with Gasteiger partial charge in [0.05, 0.1) is 9.82 Å². The van der Waals surface area contributed by atoms with Gasteiger partial charge in [0.2, 0.25) is 0 Å². The maximum absolute atomic E-state index is 11.4. The first-order chi connectivity index (χ1) is 11.5. The third-order valence-corrected chi connectivity index (χ3v) is 4.96. The van der Waals surface area contributed by atoms with Gasteiger partial charge in [0.25, 0.3) is 5.69 Å². The quantitative estimate of drug-likeness (QED) is 0.151. The molecule has 13 heteroatoms. The second-order valence-corrected chi connectivity index (χ2v) is 7.40. The molecule has 0 radical (unpaired) electrons. The molecule has 0 bridgehead atoms. The fourth-order valence-corrected chi connectivity index (χ4v) is 3.61. The van der Waals surface area contributed by atoms with E-state index in [1.165, 1.54) is 24.3 Å². The van der Waals surface area contributed by atoms with Crippen molar-refractivity contribution < 1.29 is 90.0 Å². The molecule has 0 aliphatic carbocycles. The summed E-state index contributed by atoms with van der Waals surface area (Å²) in [5.41, 5.74) is -1.26. The van der Waals surface area contributed by atoms with Crippen LogP contribution in [0.25, 0.3) is 12.2 Å². The van der Waals surface area contributed by atoms with Gasteiger partial charge < -0.3 is 9.11 Å². The number of benzene rings is 2. The van der Waals surface area contributed by atoms with Crippen molar-refractivity contribution >= 4 is 38.1 Å². The molecule has 0 unspecified atom stereocenters. The van der Waals surface area contributed by atoms with Crippen LogP contribution in [-0.2, 0) is 20.2 Å². The number of hydrogen-bond donors (Lipinski definition) is 0. The summed E-state index contributed by atoms with van der Waals surface area (Å²) in [4.78, 5) is 8.33. The monoisotopic (exact) mass is 429 g/mol. The molecule has 2 aromatic carbocycles. The van der Waals surface area contributed by atoms with Gasteiger partial charge in [0.1, 0.15) is 25.1 Å². The Morgan fingerprint density at radius 1 is 0.778 bits per heavy atom. The molecule has 132 valence electrons. The largest absolute Gasteiger partial charge is 1.00 e. The van der Waals surface area contributed by atoms with Crippen LogP contribution in [0.5, 0.6) is 0 Å². The molecule has 2 aromatic rings. The molecule has 0 atom stereocenters. The Labute approximate surface area is 199 Å². The van der Waals surface area contributed by atoms with Crippen molar-refractivity contribution in [3.8, 4) is 0 Å². The van der Waals surface area contributed by atoms with E-state index in [-0.39, 0.29) is 70.2 Å². The zero-order valence-corrected chi connectivity index (χ0v) is 19.9. The van der Waals surface area contributed by atoms with Gasteiger partial charge in [-0.15, -0.1) is 0 Å². The van der Waals surface area contributed by atoms with Crippen molar-refractivity contribution in [3.05, 3.63) is 63.7 Å². The number of rotatable bonds is 5. The predicted octanol–water partition coefficient (Wildman–Crippen LogP) is -4.42. The molecule has 0 fully saturated rings. The van der Waals surface area contributed by atoms with Crippen LogP contribution in [0.3, 0.4) is 0 Å². The molecule has 0 saturated carbocycles. The molecule has 9 nitrogen and oxygen atoms in total. The summed E-state index contributed by atoms with van der Waals surface area (Å²) in [6.07, 6.45) is 2.10. The molecule has 0 aliphatic heterocycles. The van der Waals surface area contributed by atoms with E-state index in [2.05, 4.69) is 0 Å². The Hall–Kier alpha value is -0.600. The summed E-state index contributed by atoms with van der Waals surface area (Å²) in [6.45, 7) is 0. The molecule has 0 saturated heterocycles. The summed E-state index contributed by atoms with van der Waals surface area (Å²) in [5.74, 6) is 0. The third kappa shape index (κ3) is 6.75. The average molecular weight is 429 g/mol. The molecule has 0 aromatic heterocycles. The summed E-state index contributed by atoms with van der Waals surface area (Å²) < 4.78 is 67.8. The van der Waals surface area contributed by atoms with Gasteiger partial charge >= 0.3 is 59.1 Å². The maximum Gasteiger partial charge on any atom is 1.00 e. The molecule has 0 heterocycles. The van der Waals surface area contributed by atoms with Crippen LogP contribution in [-0.4, -0.2) is 30.9 Å². The van der Waals surface area contributed by atoms with Crippen molar-refractivity contribution in [2.45, 2.75) is 9.79 Å². The average Bonchev–Trinajstić information content (AvgIpc) is 2.51. The zero-order chi connectivity index (χ0) is 18.8. The Morgan fingerprint density at radius 2 is 1.30 bits per heavy atom.